The van der Waals surface area contributed by atoms with Gasteiger partial charge in [0.05, 0.1) is 11.0 Å². The molecule has 0 amide bonds. The van der Waals surface area contributed by atoms with Crippen molar-refractivity contribution >= 4 is 17.1 Å². The summed E-state index contributed by atoms with van der Waals surface area (Å²) >= 11 is 0. The van der Waals surface area contributed by atoms with Crippen molar-refractivity contribution in [1.82, 2.24) is 14.9 Å². The van der Waals surface area contributed by atoms with Gasteiger partial charge >= 0.3 is 0 Å². The van der Waals surface area contributed by atoms with Gasteiger partial charge in [0, 0.05) is 18.6 Å². The van der Waals surface area contributed by atoms with E-state index >= 15 is 0 Å². The molecule has 1 N–H and O–H groups in total. The fraction of sp³-hybridized carbons (Fsp3) is 0.400. The molecule has 1 aromatic heterocycles. The van der Waals surface area contributed by atoms with Crippen LogP contribution in [0.3, 0.4) is 0 Å². The first kappa shape index (κ1) is 17.7. The van der Waals surface area contributed by atoms with E-state index in [-0.39, 0.29) is 0 Å². The van der Waals surface area contributed by atoms with E-state index in [4.69, 9.17) is 4.98 Å². The highest BCUT2D eigenvalue weighted by Gasteiger charge is 2.30. The first-order chi connectivity index (χ1) is 13.5. The quantitative estimate of drug-likeness (QED) is 0.676. The van der Waals surface area contributed by atoms with Crippen LogP contribution < -0.4 is 5.32 Å². The maximum atomic E-state index is 5.06. The van der Waals surface area contributed by atoms with E-state index in [1.807, 2.05) is 0 Å². The van der Waals surface area contributed by atoms with Crippen LogP contribution in [-0.4, -0.2) is 21.6 Å². The monoisotopic (exact) mass is 371 g/mol. The molecule has 2 atom stereocenters. The molecule has 0 aliphatic carbocycles. The zero-order valence-corrected chi connectivity index (χ0v) is 17.1. The van der Waals surface area contributed by atoms with Gasteiger partial charge in [0.2, 0.25) is 0 Å². The Hall–Kier alpha value is -2.39. The molecular weight excluding hydrogens is 342 g/mol. The smallest absolute Gasteiger partial charge is 0.134 e. The molecule has 2 aliphatic rings. The number of aromatic nitrogens is 2. The van der Waals surface area contributed by atoms with Gasteiger partial charge in [-0.3, -0.25) is 0 Å². The lowest BCUT2D eigenvalue weighted by molar-refractivity contribution is 0.476. The molecule has 144 valence electrons. The maximum absolute atomic E-state index is 5.06. The summed E-state index contributed by atoms with van der Waals surface area (Å²) in [5.74, 6) is 1.11. The van der Waals surface area contributed by atoms with Crippen LogP contribution in [0.4, 0.5) is 0 Å². The van der Waals surface area contributed by atoms with E-state index in [9.17, 15) is 0 Å². The molecule has 2 aliphatic heterocycles. The first-order valence-corrected chi connectivity index (χ1v) is 10.5. The van der Waals surface area contributed by atoms with Crippen molar-refractivity contribution in [2.75, 3.05) is 0 Å². The molecule has 3 heterocycles. The van der Waals surface area contributed by atoms with Crippen molar-refractivity contribution < 1.29 is 0 Å². The molecule has 2 saturated heterocycles. The Morgan fingerprint density at radius 1 is 1.00 bits per heavy atom. The van der Waals surface area contributed by atoms with Crippen LogP contribution >= 0.6 is 0 Å². The van der Waals surface area contributed by atoms with Gasteiger partial charge in [0.15, 0.2) is 0 Å². The lowest BCUT2D eigenvalue weighted by Crippen LogP contribution is -2.34. The number of aryl methyl sites for hydroxylation is 3. The average Bonchev–Trinajstić information content (AvgIpc) is 3.17. The van der Waals surface area contributed by atoms with E-state index in [1.165, 1.54) is 53.5 Å². The van der Waals surface area contributed by atoms with Gasteiger partial charge in [-0.25, -0.2) is 4.98 Å². The zero-order valence-electron chi connectivity index (χ0n) is 17.1. The van der Waals surface area contributed by atoms with Crippen LogP contribution in [0.5, 0.6) is 0 Å². The molecule has 0 saturated carbocycles. The summed E-state index contributed by atoms with van der Waals surface area (Å²) in [5.41, 5.74) is 9.18. The molecule has 3 aromatic rings. The van der Waals surface area contributed by atoms with Crippen LogP contribution in [0.15, 0.2) is 42.0 Å². The maximum Gasteiger partial charge on any atom is 0.134 e. The van der Waals surface area contributed by atoms with E-state index in [0.717, 1.165) is 17.9 Å². The summed E-state index contributed by atoms with van der Waals surface area (Å²) in [6.07, 6.45) is 7.36. The average molecular weight is 372 g/mol. The number of hydrogen-bond acceptors (Lipinski definition) is 2. The molecule has 2 bridgehead atoms. The van der Waals surface area contributed by atoms with Gasteiger partial charge in [-0.15, -0.1) is 0 Å². The molecule has 28 heavy (non-hydrogen) atoms. The highest BCUT2D eigenvalue weighted by atomic mass is 15.1. The fourth-order valence-electron chi connectivity index (χ4n) is 4.79. The van der Waals surface area contributed by atoms with Crippen LogP contribution in [0.2, 0.25) is 0 Å². The van der Waals surface area contributed by atoms with Gasteiger partial charge < -0.3 is 9.88 Å². The molecule has 2 unspecified atom stereocenters. The third kappa shape index (κ3) is 3.29. The SMILES string of the molecule is Cc1ccc(Cn2c(C=C3CC4CCC(C3)N4)nc3cc(C)c(C)cc32)cc1. The van der Waals surface area contributed by atoms with Crippen LogP contribution in [0, 0.1) is 20.8 Å². The minimum atomic E-state index is 0.671. The van der Waals surface area contributed by atoms with Gasteiger partial charge in [0.25, 0.3) is 0 Å². The number of rotatable bonds is 3. The summed E-state index contributed by atoms with van der Waals surface area (Å²) in [4.78, 5) is 5.06. The predicted molar refractivity (Wildman–Crippen MR) is 117 cm³/mol. The Labute approximate surface area is 167 Å². The van der Waals surface area contributed by atoms with Crippen molar-refractivity contribution in [2.24, 2.45) is 0 Å². The number of benzene rings is 2. The lowest BCUT2D eigenvalue weighted by atomic mass is 9.98. The Morgan fingerprint density at radius 2 is 1.68 bits per heavy atom. The Kier molecular flexibility index (Phi) is 4.36. The highest BCUT2D eigenvalue weighted by molar-refractivity contribution is 5.80. The largest absolute Gasteiger partial charge is 0.320 e. The Balaban J connectivity index is 1.59. The van der Waals surface area contributed by atoms with E-state index < -0.39 is 0 Å². The van der Waals surface area contributed by atoms with Crippen LogP contribution in [0.25, 0.3) is 17.1 Å². The van der Waals surface area contributed by atoms with Crippen molar-refractivity contribution in [2.45, 2.75) is 65.1 Å². The molecule has 2 fully saturated rings. The Morgan fingerprint density at radius 3 is 2.39 bits per heavy atom. The topological polar surface area (TPSA) is 29.9 Å². The van der Waals surface area contributed by atoms with Gasteiger partial charge in [0.1, 0.15) is 5.82 Å². The number of hydrogen-bond donors (Lipinski definition) is 1. The number of nitrogens with one attached hydrogen (secondary N) is 1. The van der Waals surface area contributed by atoms with E-state index in [2.05, 4.69) is 73.1 Å². The predicted octanol–water partition coefficient (Wildman–Crippen LogP) is 5.31. The number of nitrogens with zero attached hydrogens (tertiary/aromatic N) is 2. The van der Waals surface area contributed by atoms with Crippen LogP contribution in [-0.2, 0) is 6.54 Å². The van der Waals surface area contributed by atoms with Gasteiger partial charge in [-0.1, -0.05) is 35.4 Å². The van der Waals surface area contributed by atoms with Crippen molar-refractivity contribution in [3.05, 3.63) is 70.0 Å². The fourth-order valence-corrected chi connectivity index (χ4v) is 4.79. The summed E-state index contributed by atoms with van der Waals surface area (Å²) < 4.78 is 2.41. The summed E-state index contributed by atoms with van der Waals surface area (Å²) in [6.45, 7) is 7.38. The third-order valence-corrected chi connectivity index (χ3v) is 6.54. The van der Waals surface area contributed by atoms with E-state index in [0.29, 0.717) is 12.1 Å². The summed E-state index contributed by atoms with van der Waals surface area (Å²) in [5, 5.41) is 3.74. The van der Waals surface area contributed by atoms with Crippen LogP contribution in [0.1, 0.15) is 53.8 Å². The minimum absolute atomic E-state index is 0.671. The van der Waals surface area contributed by atoms with Gasteiger partial charge in [-0.2, -0.15) is 0 Å². The molecule has 0 spiro atoms. The number of imidazole rings is 1. The van der Waals surface area contributed by atoms with Gasteiger partial charge in [-0.05, 0) is 81.4 Å². The lowest BCUT2D eigenvalue weighted by Gasteiger charge is -2.23. The molecule has 5 rings (SSSR count). The molecule has 3 heteroatoms. The first-order valence-electron chi connectivity index (χ1n) is 10.5. The highest BCUT2D eigenvalue weighted by Crippen LogP contribution is 2.32. The second-order valence-corrected chi connectivity index (χ2v) is 8.82. The second kappa shape index (κ2) is 6.89. The van der Waals surface area contributed by atoms with E-state index in [1.54, 1.807) is 5.57 Å². The summed E-state index contributed by atoms with van der Waals surface area (Å²) in [7, 11) is 0. The Bertz CT molecular complexity index is 1040. The molecule has 2 aromatic carbocycles. The zero-order chi connectivity index (χ0) is 19.3. The minimum Gasteiger partial charge on any atom is -0.320 e. The van der Waals surface area contributed by atoms with Crippen molar-refractivity contribution in [3.63, 3.8) is 0 Å². The standard InChI is InChI=1S/C25H29N3/c1-16-4-6-19(7-5-16)15-28-24-11-18(3)17(2)10-23(24)27-25(28)14-20-12-21-8-9-22(13-20)26-21/h4-7,10-11,14,21-22,26H,8-9,12-13,15H2,1-3H3. The third-order valence-electron chi connectivity index (χ3n) is 6.54. The molecule has 3 nitrogen and oxygen atoms in total. The molecular formula is C25H29N3. The number of piperidine rings is 1. The normalized spacial score (nSPS) is 21.5. The van der Waals surface area contributed by atoms with Crippen molar-refractivity contribution in [1.29, 1.82) is 0 Å². The van der Waals surface area contributed by atoms with Crippen molar-refractivity contribution in [3.8, 4) is 0 Å². The summed E-state index contributed by atoms with van der Waals surface area (Å²) in [6, 6.07) is 14.8. The number of fused-ring (bicyclic) bond motifs is 3. The molecule has 0 radical (unpaired) electrons. The second-order valence-electron chi connectivity index (χ2n) is 8.82.